The number of amides is 2. The van der Waals surface area contributed by atoms with Crippen LogP contribution in [-0.4, -0.2) is 38.6 Å². The minimum atomic E-state index is -0.582. The summed E-state index contributed by atoms with van der Waals surface area (Å²) in [5.41, 5.74) is 7.91. The summed E-state index contributed by atoms with van der Waals surface area (Å²) < 4.78 is 10.5. The fourth-order valence-corrected chi connectivity index (χ4v) is 3.48. The zero-order valence-electron chi connectivity index (χ0n) is 16.7. The lowest BCUT2D eigenvalue weighted by molar-refractivity contribution is -0.901. The molecule has 2 aromatic rings. The van der Waals surface area contributed by atoms with Crippen LogP contribution in [0.2, 0.25) is 0 Å². The van der Waals surface area contributed by atoms with Crippen molar-refractivity contribution in [3.05, 3.63) is 59.2 Å². The molecule has 0 spiro atoms. The minimum Gasteiger partial charge on any atom is -0.493 e. The van der Waals surface area contributed by atoms with Gasteiger partial charge in [-0.25, -0.2) is 0 Å². The van der Waals surface area contributed by atoms with E-state index >= 15 is 0 Å². The number of hydrogen-bond donors (Lipinski definition) is 3. The van der Waals surface area contributed by atoms with E-state index in [2.05, 4.69) is 29.6 Å². The molecule has 0 atom stereocenters. The summed E-state index contributed by atoms with van der Waals surface area (Å²) in [5.74, 6) is -0.0664. The Hall–Kier alpha value is -3.06. The monoisotopic (exact) mass is 398 g/mol. The first-order chi connectivity index (χ1) is 14.0. The maximum atomic E-state index is 12.5. The van der Waals surface area contributed by atoms with Gasteiger partial charge < -0.3 is 25.4 Å². The van der Waals surface area contributed by atoms with Crippen molar-refractivity contribution in [2.24, 2.45) is 5.73 Å². The number of ether oxygens (including phenoxy) is 2. The van der Waals surface area contributed by atoms with Crippen LogP contribution < -0.4 is 25.4 Å². The lowest BCUT2D eigenvalue weighted by Crippen LogP contribution is -3.08. The van der Waals surface area contributed by atoms with Crippen LogP contribution in [0.25, 0.3) is 0 Å². The molecule has 4 N–H and O–H groups in total. The van der Waals surface area contributed by atoms with Gasteiger partial charge >= 0.3 is 0 Å². The minimum absolute atomic E-state index is 0.213. The number of carbonyl (C=O) groups excluding carboxylic acids is 2. The van der Waals surface area contributed by atoms with Crippen LogP contribution in [-0.2, 0) is 17.9 Å². The average molecular weight is 398 g/mol. The molecule has 29 heavy (non-hydrogen) atoms. The zero-order valence-corrected chi connectivity index (χ0v) is 16.7. The van der Waals surface area contributed by atoms with Gasteiger partial charge in [-0.2, -0.15) is 0 Å². The molecule has 1 aliphatic heterocycles. The van der Waals surface area contributed by atoms with Crippen molar-refractivity contribution >= 4 is 11.8 Å². The first-order valence-electron chi connectivity index (χ1n) is 9.84. The molecule has 3 rings (SSSR count). The van der Waals surface area contributed by atoms with Gasteiger partial charge in [-0.15, -0.1) is 0 Å². The summed E-state index contributed by atoms with van der Waals surface area (Å²) in [6.45, 7) is 3.77. The maximum absolute atomic E-state index is 12.5. The van der Waals surface area contributed by atoms with E-state index in [4.69, 9.17) is 15.2 Å². The molecule has 0 saturated carbocycles. The highest BCUT2D eigenvalue weighted by atomic mass is 16.5. The third-order valence-electron chi connectivity index (χ3n) is 5.04. The highest BCUT2D eigenvalue weighted by Crippen LogP contribution is 2.28. The predicted octanol–water partition coefficient (Wildman–Crippen LogP) is 0.668. The summed E-state index contributed by atoms with van der Waals surface area (Å²) >= 11 is 0. The Morgan fingerprint density at radius 2 is 1.72 bits per heavy atom. The van der Waals surface area contributed by atoms with E-state index in [9.17, 15) is 9.59 Å². The lowest BCUT2D eigenvalue weighted by Gasteiger charge is -2.13. The zero-order chi connectivity index (χ0) is 20.6. The van der Waals surface area contributed by atoms with Crippen LogP contribution in [0.3, 0.4) is 0 Å². The Kier molecular flexibility index (Phi) is 7.08. The number of carbonyl (C=O) groups is 2. The third-order valence-corrected chi connectivity index (χ3v) is 5.04. The third kappa shape index (κ3) is 5.96. The van der Waals surface area contributed by atoms with Crippen LogP contribution in [0.4, 0.5) is 0 Å². The first-order valence-corrected chi connectivity index (χ1v) is 9.84. The largest absolute Gasteiger partial charge is 0.493 e. The lowest BCUT2D eigenvalue weighted by atomic mass is 10.1. The Bertz CT molecular complexity index is 846. The number of nitrogens with one attached hydrogen (secondary N) is 2. The second-order valence-electron chi connectivity index (χ2n) is 7.25. The number of rotatable bonds is 9. The van der Waals surface area contributed by atoms with Gasteiger partial charge in [-0.3, -0.25) is 9.59 Å². The van der Waals surface area contributed by atoms with Crippen LogP contribution >= 0.6 is 0 Å². The van der Waals surface area contributed by atoms with Crippen molar-refractivity contribution in [2.45, 2.75) is 25.9 Å². The van der Waals surface area contributed by atoms with E-state index in [0.29, 0.717) is 23.6 Å². The molecule has 7 nitrogen and oxygen atoms in total. The number of primary amides is 1. The second kappa shape index (κ2) is 9.93. The SMILES string of the molecule is COc1cc(C(=O)NCc2ccc(C[NH+]3CCCC3)cc2)ccc1OCC(N)=O. The van der Waals surface area contributed by atoms with Crippen molar-refractivity contribution in [3.8, 4) is 11.5 Å². The first kappa shape index (κ1) is 20.7. The van der Waals surface area contributed by atoms with Crippen molar-refractivity contribution in [2.75, 3.05) is 26.8 Å². The van der Waals surface area contributed by atoms with Crippen molar-refractivity contribution in [1.29, 1.82) is 0 Å². The number of likely N-dealkylation sites (tertiary alicyclic amines) is 1. The molecule has 1 aliphatic rings. The molecule has 0 aromatic heterocycles. The maximum Gasteiger partial charge on any atom is 0.255 e. The molecule has 154 valence electrons. The second-order valence-corrected chi connectivity index (χ2v) is 7.25. The van der Waals surface area contributed by atoms with Crippen LogP contribution in [0.5, 0.6) is 11.5 Å². The molecule has 1 saturated heterocycles. The normalized spacial score (nSPS) is 13.8. The molecule has 0 unspecified atom stereocenters. The van der Waals surface area contributed by atoms with Crippen molar-refractivity contribution in [3.63, 3.8) is 0 Å². The molecule has 0 aliphatic carbocycles. The molecule has 7 heteroatoms. The Balaban J connectivity index is 1.55. The van der Waals surface area contributed by atoms with E-state index in [1.807, 2.05) is 0 Å². The van der Waals surface area contributed by atoms with Gasteiger partial charge in [0.2, 0.25) is 0 Å². The van der Waals surface area contributed by atoms with Crippen LogP contribution in [0.1, 0.15) is 34.3 Å². The standard InChI is InChI=1S/C22H27N3O4/c1-28-20-12-18(8-9-19(20)29-15-21(23)26)22(27)24-13-16-4-6-17(7-5-16)14-25-10-2-3-11-25/h4-9,12H,2-3,10-11,13-15H2,1H3,(H2,23,26)(H,24,27)/p+1. The van der Waals surface area contributed by atoms with Gasteiger partial charge in [0.15, 0.2) is 18.1 Å². The van der Waals surface area contributed by atoms with E-state index in [0.717, 1.165) is 12.1 Å². The fraction of sp³-hybridized carbons (Fsp3) is 0.364. The summed E-state index contributed by atoms with van der Waals surface area (Å²) in [7, 11) is 1.47. The molecule has 1 heterocycles. The van der Waals surface area contributed by atoms with Gasteiger partial charge in [0, 0.05) is 30.5 Å². The Morgan fingerprint density at radius 1 is 1.03 bits per heavy atom. The number of benzene rings is 2. The van der Waals surface area contributed by atoms with Crippen LogP contribution in [0.15, 0.2) is 42.5 Å². The van der Waals surface area contributed by atoms with E-state index in [1.165, 1.54) is 38.6 Å². The Morgan fingerprint density at radius 3 is 2.38 bits per heavy atom. The summed E-state index contributed by atoms with van der Waals surface area (Å²) in [6.07, 6.45) is 2.64. The van der Waals surface area contributed by atoms with Crippen LogP contribution in [0, 0.1) is 0 Å². The number of methoxy groups -OCH3 is 1. The smallest absolute Gasteiger partial charge is 0.255 e. The van der Waals surface area contributed by atoms with Gasteiger partial charge in [0.1, 0.15) is 6.54 Å². The van der Waals surface area contributed by atoms with Gasteiger partial charge in [-0.1, -0.05) is 24.3 Å². The quantitative estimate of drug-likeness (QED) is 0.579. The van der Waals surface area contributed by atoms with Crippen molar-refractivity contribution < 1.29 is 24.0 Å². The number of hydrogen-bond acceptors (Lipinski definition) is 4. The number of nitrogens with two attached hydrogens (primary N) is 1. The molecule has 0 radical (unpaired) electrons. The number of quaternary nitrogens is 1. The van der Waals surface area contributed by atoms with E-state index < -0.39 is 5.91 Å². The molecular weight excluding hydrogens is 370 g/mol. The average Bonchev–Trinajstić information content (AvgIpc) is 3.24. The van der Waals surface area contributed by atoms with Crippen molar-refractivity contribution in [1.82, 2.24) is 5.32 Å². The topological polar surface area (TPSA) is 95.1 Å². The van der Waals surface area contributed by atoms with Gasteiger partial charge in [0.25, 0.3) is 11.8 Å². The summed E-state index contributed by atoms with van der Waals surface area (Å²) in [4.78, 5) is 25.0. The molecular formula is C22H28N3O4+. The molecule has 2 aromatic carbocycles. The van der Waals surface area contributed by atoms with Gasteiger partial charge in [-0.05, 0) is 23.8 Å². The highest BCUT2D eigenvalue weighted by Gasteiger charge is 2.15. The summed E-state index contributed by atoms with van der Waals surface area (Å²) in [6, 6.07) is 13.2. The highest BCUT2D eigenvalue weighted by molar-refractivity contribution is 5.94. The molecule has 1 fully saturated rings. The molecule has 0 bridgehead atoms. The van der Waals surface area contributed by atoms with E-state index in [-0.39, 0.29) is 12.5 Å². The predicted molar refractivity (Wildman–Crippen MR) is 109 cm³/mol. The van der Waals surface area contributed by atoms with Gasteiger partial charge in [0.05, 0.1) is 20.2 Å². The summed E-state index contributed by atoms with van der Waals surface area (Å²) in [5, 5.41) is 2.91. The Labute approximate surface area is 170 Å². The molecule has 2 amide bonds. The fourth-order valence-electron chi connectivity index (χ4n) is 3.48. The van der Waals surface area contributed by atoms with E-state index in [1.54, 1.807) is 23.1 Å².